The van der Waals surface area contributed by atoms with Crippen LogP contribution < -0.4 is 11.1 Å². The quantitative estimate of drug-likeness (QED) is 0.102. The number of nitrogens with zero attached hydrogens (tertiary/aromatic N) is 1. The summed E-state index contributed by atoms with van der Waals surface area (Å²) in [6.07, 6.45) is 2.47. The average molecular weight is 741 g/mol. The van der Waals surface area contributed by atoms with Crippen molar-refractivity contribution in [1.29, 1.82) is 0 Å². The first kappa shape index (κ1) is 41.6. The van der Waals surface area contributed by atoms with E-state index in [4.69, 9.17) is 43.7 Å². The molecule has 0 saturated carbocycles. The predicted molar refractivity (Wildman–Crippen MR) is 200 cm³/mol. The molecule has 4 rings (SSSR count). The molecule has 3 saturated heterocycles. The summed E-state index contributed by atoms with van der Waals surface area (Å²) in [6, 6.07) is 0.0832. The lowest BCUT2D eigenvalue weighted by molar-refractivity contribution is -0.326. The number of cyclic esters (lactones) is 1. The van der Waals surface area contributed by atoms with Gasteiger partial charge in [-0.25, -0.2) is 0 Å². The molecule has 11 nitrogen and oxygen atoms in total. The zero-order valence-corrected chi connectivity index (χ0v) is 35.8. The maximum absolute atomic E-state index is 14.2. The van der Waals surface area contributed by atoms with Crippen LogP contribution in [-0.4, -0.2) is 107 Å². The molecule has 3 fully saturated rings. The van der Waals surface area contributed by atoms with Gasteiger partial charge in [0.15, 0.2) is 28.7 Å². The zero-order valence-electron chi connectivity index (χ0n) is 33.8. The van der Waals surface area contributed by atoms with Crippen molar-refractivity contribution in [2.75, 3.05) is 14.1 Å². The fourth-order valence-electron chi connectivity index (χ4n) is 8.84. The van der Waals surface area contributed by atoms with Crippen LogP contribution in [0, 0.1) is 17.8 Å². The van der Waals surface area contributed by atoms with E-state index in [2.05, 4.69) is 92.0 Å². The van der Waals surface area contributed by atoms with E-state index in [-0.39, 0.29) is 36.1 Å². The van der Waals surface area contributed by atoms with E-state index in [1.807, 2.05) is 20.8 Å². The number of hydrogen-bond donors (Lipinski definition) is 2. The highest BCUT2D eigenvalue weighted by molar-refractivity contribution is 6.70. The number of esters is 1. The monoisotopic (exact) mass is 740 g/mol. The number of ether oxygens (including phenoxy) is 5. The molecule has 0 amide bonds. The molecule has 2 unspecified atom stereocenters. The van der Waals surface area contributed by atoms with Crippen LogP contribution in [0.25, 0.3) is 0 Å². The summed E-state index contributed by atoms with van der Waals surface area (Å²) in [5.74, 6) is -2.03. The second kappa shape index (κ2) is 14.9. The van der Waals surface area contributed by atoms with Crippen LogP contribution >= 0.6 is 0 Å². The Morgan fingerprint density at radius 1 is 1.02 bits per heavy atom. The Bertz CT molecular complexity index is 1270. The minimum atomic E-state index is -2.18. The summed E-state index contributed by atoms with van der Waals surface area (Å²) < 4.78 is 48.9. The number of nitrogens with two attached hydrogens (primary N) is 2. The van der Waals surface area contributed by atoms with Gasteiger partial charge >= 0.3 is 5.97 Å². The molecule has 4 aliphatic rings. The van der Waals surface area contributed by atoms with E-state index in [9.17, 15) is 4.79 Å². The zero-order chi connectivity index (χ0) is 37.8. The third-order valence-electron chi connectivity index (χ3n) is 10.9. The summed E-state index contributed by atoms with van der Waals surface area (Å²) in [5.41, 5.74) is 5.17. The lowest BCUT2D eigenvalue weighted by Gasteiger charge is -2.50. The van der Waals surface area contributed by atoms with Crippen molar-refractivity contribution in [1.82, 2.24) is 4.90 Å². The van der Waals surface area contributed by atoms with E-state index in [0.717, 1.165) is 12.0 Å². The smallest absolute Gasteiger partial charge is 0.311 e. The molecule has 0 aromatic heterocycles. The highest BCUT2D eigenvalue weighted by atomic mass is 28.4. The molecule has 0 radical (unpaired) electrons. The van der Waals surface area contributed by atoms with E-state index in [1.54, 1.807) is 0 Å². The van der Waals surface area contributed by atoms with Crippen molar-refractivity contribution in [2.24, 2.45) is 23.5 Å². The van der Waals surface area contributed by atoms with E-state index in [1.165, 1.54) is 0 Å². The number of likely N-dealkylation sites (N-methyl/N-ethyl adjacent to an activating group) is 1. The highest BCUT2D eigenvalue weighted by Crippen LogP contribution is 2.57. The van der Waals surface area contributed by atoms with Crippen molar-refractivity contribution in [3.63, 3.8) is 0 Å². The number of fused-ring (bicyclic) bond motifs is 2. The largest absolute Gasteiger partial charge is 0.459 e. The van der Waals surface area contributed by atoms with Gasteiger partial charge < -0.3 is 37.4 Å². The normalized spacial score (nSPS) is 42.9. The minimum Gasteiger partial charge on any atom is -0.459 e. The van der Waals surface area contributed by atoms with Gasteiger partial charge in [-0.05, 0) is 118 Å². The molecular formula is C37H70N3O8Si2+. The molecule has 50 heavy (non-hydrogen) atoms. The molecule has 4 heterocycles. The molecule has 13 atom stereocenters. The topological polar surface area (TPSA) is 137 Å². The van der Waals surface area contributed by atoms with Crippen molar-refractivity contribution < 1.29 is 42.7 Å². The van der Waals surface area contributed by atoms with Crippen LogP contribution in [0.1, 0.15) is 80.6 Å². The van der Waals surface area contributed by atoms with Gasteiger partial charge in [0.2, 0.25) is 5.84 Å². The molecule has 0 aromatic carbocycles. The molecule has 3 bridgehead atoms. The number of hydrogen-bond acceptors (Lipinski definition) is 9. The van der Waals surface area contributed by atoms with E-state index in [0.29, 0.717) is 31.5 Å². The first-order valence-electron chi connectivity index (χ1n) is 18.9. The van der Waals surface area contributed by atoms with Gasteiger partial charge in [0.05, 0.1) is 36.3 Å². The summed E-state index contributed by atoms with van der Waals surface area (Å²) >= 11 is 0. The van der Waals surface area contributed by atoms with Crippen LogP contribution in [0.5, 0.6) is 0 Å². The number of carbonyl (C=O) groups is 1. The molecule has 4 N–H and O–H groups in total. The van der Waals surface area contributed by atoms with E-state index >= 15 is 0 Å². The number of carbonyl (C=O) groups excluding carboxylic acids is 1. The molecule has 288 valence electrons. The van der Waals surface area contributed by atoms with Crippen molar-refractivity contribution in [2.45, 2.75) is 180 Å². The maximum Gasteiger partial charge on any atom is 0.311 e. The second-order valence-electron chi connectivity index (χ2n) is 18.2. The Morgan fingerprint density at radius 3 is 2.16 bits per heavy atom. The summed E-state index contributed by atoms with van der Waals surface area (Å²) in [7, 11) is -0.0423. The maximum atomic E-state index is 14.2. The third-order valence-corrected chi connectivity index (χ3v) is 12.9. The van der Waals surface area contributed by atoms with Crippen LogP contribution in [-0.2, 0) is 37.3 Å². The van der Waals surface area contributed by atoms with Crippen molar-refractivity contribution in [3.05, 3.63) is 11.6 Å². The van der Waals surface area contributed by atoms with Gasteiger partial charge in [-0.2, -0.15) is 0 Å². The number of amidine groups is 1. The summed E-state index contributed by atoms with van der Waals surface area (Å²) in [5, 5.41) is 6.01. The Morgan fingerprint density at radius 2 is 1.62 bits per heavy atom. The third kappa shape index (κ3) is 8.78. The molecular weight excluding hydrogens is 671 g/mol. The molecule has 1 spiro atoms. The molecule has 13 heteroatoms. The molecule has 4 aliphatic heterocycles. The Hall–Kier alpha value is -1.17. The van der Waals surface area contributed by atoms with Gasteiger partial charge in [-0.3, -0.25) is 15.9 Å². The van der Waals surface area contributed by atoms with Gasteiger partial charge in [0.25, 0.3) is 0 Å². The standard InChI is InChI=1S/C37H69N3O8Si2/c1-16-28-35(6)21-26(17-18-29(38)39)37(47-35)22(2)20-36(7,48-37)32(24(4)30(45-49(10,11)12)25(5)33(41)43-28)44-34-31(46-50(13,14)15)27(40(8)9)19-23(3)42-34/h21-25,27-28,30-32,34H,16-20H2,1-15H3,(H3,38,39)/p+1/t22-,23-,24+,25-,27+,28-,30+,31-,32-,34+,35?,36-,37?/m1/s1. The van der Waals surface area contributed by atoms with Gasteiger partial charge in [-0.1, -0.05) is 20.8 Å². The van der Waals surface area contributed by atoms with Crippen molar-refractivity contribution >= 4 is 28.4 Å². The predicted octanol–water partition coefficient (Wildman–Crippen LogP) is 4.61. The Balaban J connectivity index is 1.91. The lowest BCUT2D eigenvalue weighted by atomic mass is 9.78. The van der Waals surface area contributed by atoms with Crippen molar-refractivity contribution in [3.8, 4) is 0 Å². The first-order valence-corrected chi connectivity index (χ1v) is 25.7. The van der Waals surface area contributed by atoms with E-state index < -0.39 is 64.1 Å². The lowest BCUT2D eigenvalue weighted by Crippen LogP contribution is -2.62. The van der Waals surface area contributed by atoms with Crippen LogP contribution in [0.4, 0.5) is 0 Å². The van der Waals surface area contributed by atoms with Gasteiger partial charge in [-0.15, -0.1) is 0 Å². The van der Waals surface area contributed by atoms with Crippen LogP contribution in [0.15, 0.2) is 11.6 Å². The highest BCUT2D eigenvalue weighted by Gasteiger charge is 2.65. The SMILES string of the molecule is CC[C@H]1OC(=O)[C@H](C)[C@@H](O[Si](C)(C)C)[C@H](C)[C@@H](O[C@@H]2O[C@H](C)C[C@H](N(C)C)[C@H]2O[Si](C)(C)C)[C@@]2(C)C[C@@H](C)C3(OC1(C)C=C3CCC(N)=[NH2+])O2. The summed E-state index contributed by atoms with van der Waals surface area (Å²) in [4.78, 5) is 16.4. The average Bonchev–Trinajstić information content (AvgIpc) is 3.41. The number of rotatable bonds is 11. The van der Waals surface area contributed by atoms with Crippen LogP contribution in [0.2, 0.25) is 39.3 Å². The van der Waals surface area contributed by atoms with Gasteiger partial charge in [0, 0.05) is 17.9 Å². The minimum absolute atomic E-state index is 0.0571. The van der Waals surface area contributed by atoms with Crippen LogP contribution in [0.3, 0.4) is 0 Å². The molecule has 0 aliphatic carbocycles. The second-order valence-corrected chi connectivity index (χ2v) is 27.1. The summed E-state index contributed by atoms with van der Waals surface area (Å²) in [6.45, 7) is 27.5. The first-order chi connectivity index (χ1) is 22.8. The van der Waals surface area contributed by atoms with Gasteiger partial charge in [0.1, 0.15) is 17.8 Å². The molecule has 0 aromatic rings. The fraction of sp³-hybridized carbons (Fsp3) is 0.892. The Labute approximate surface area is 304 Å². The fourth-order valence-corrected chi connectivity index (χ4v) is 11.2. The Kier molecular flexibility index (Phi) is 12.4.